The lowest BCUT2D eigenvalue weighted by Crippen LogP contribution is -2.44. The van der Waals surface area contributed by atoms with E-state index < -0.39 is 23.2 Å². The largest absolute Gasteiger partial charge is 0.463 e. The minimum atomic E-state index is -0.859. The molecule has 0 radical (unpaired) electrons. The summed E-state index contributed by atoms with van der Waals surface area (Å²) in [5.41, 5.74) is -0.838. The van der Waals surface area contributed by atoms with Crippen molar-refractivity contribution in [3.8, 4) is 29.6 Å². The van der Waals surface area contributed by atoms with Crippen LogP contribution in [0.3, 0.4) is 0 Å². The molecule has 1 aliphatic carbocycles. The average Bonchev–Trinajstić information content (AvgIpc) is 3.91. The third-order valence-corrected chi connectivity index (χ3v) is 9.22. The van der Waals surface area contributed by atoms with Crippen molar-refractivity contribution < 1.29 is 27.8 Å². The van der Waals surface area contributed by atoms with Gasteiger partial charge in [0.15, 0.2) is 5.82 Å². The number of amides is 1. The Hall–Kier alpha value is -4.97. The molecule has 1 amide bonds. The number of carbonyl (C=O) groups excluding carboxylic acids is 1. The zero-order chi connectivity index (χ0) is 34.1. The van der Waals surface area contributed by atoms with E-state index in [1.165, 1.54) is 18.3 Å². The molecule has 254 valence electrons. The van der Waals surface area contributed by atoms with E-state index in [9.17, 15) is 14.0 Å². The number of aromatic amines is 1. The van der Waals surface area contributed by atoms with Crippen LogP contribution in [0.15, 0.2) is 41.8 Å². The number of hydrogen-bond acceptors (Lipinski definition) is 10. The van der Waals surface area contributed by atoms with Crippen LogP contribution in [0.1, 0.15) is 18.4 Å². The number of carbonyl (C=O) groups is 1. The van der Waals surface area contributed by atoms with Crippen LogP contribution in [0.5, 0.6) is 6.01 Å². The van der Waals surface area contributed by atoms with Crippen LogP contribution in [0, 0.1) is 29.4 Å². The molecule has 5 heterocycles. The Balaban J connectivity index is 1.32. The second kappa shape index (κ2) is 13.5. The Morgan fingerprint density at radius 3 is 2.76 bits per heavy atom. The summed E-state index contributed by atoms with van der Waals surface area (Å²) < 4.78 is 49.2. The number of anilines is 1. The highest BCUT2D eigenvalue weighted by Crippen LogP contribution is 2.47. The maximum absolute atomic E-state index is 16.9. The number of nitrogens with one attached hydrogen (secondary N) is 2. The predicted molar refractivity (Wildman–Crippen MR) is 178 cm³/mol. The number of H-pyrrole nitrogens is 1. The Labute approximate surface area is 280 Å². The van der Waals surface area contributed by atoms with E-state index in [0.717, 1.165) is 44.6 Å². The highest BCUT2D eigenvalue weighted by atomic mass is 19.1. The molecule has 1 atom stereocenters. The van der Waals surface area contributed by atoms with Gasteiger partial charge in [0.1, 0.15) is 22.8 Å². The number of benzene rings is 1. The van der Waals surface area contributed by atoms with Crippen molar-refractivity contribution in [1.82, 2.24) is 30.2 Å². The predicted octanol–water partition coefficient (Wildman–Crippen LogP) is 2.79. The third-order valence-electron chi connectivity index (χ3n) is 9.22. The van der Waals surface area contributed by atoms with Crippen molar-refractivity contribution in [2.24, 2.45) is 5.41 Å². The first-order valence-electron chi connectivity index (χ1n) is 16.1. The van der Waals surface area contributed by atoms with Gasteiger partial charge < -0.3 is 29.4 Å². The molecule has 0 spiro atoms. The van der Waals surface area contributed by atoms with E-state index in [0.29, 0.717) is 45.3 Å². The maximum atomic E-state index is 16.9. The highest BCUT2D eigenvalue weighted by Gasteiger charge is 2.45. The van der Waals surface area contributed by atoms with Gasteiger partial charge in [-0.05, 0) is 31.1 Å². The molecule has 2 aliphatic heterocycles. The number of halogens is 2. The van der Waals surface area contributed by atoms with Crippen LogP contribution < -0.4 is 20.5 Å². The molecular weight excluding hydrogens is 636 g/mol. The molecule has 12 nitrogen and oxygen atoms in total. The lowest BCUT2D eigenvalue weighted by Gasteiger charge is -2.30. The molecule has 49 heavy (non-hydrogen) atoms. The molecule has 3 aliphatic rings. The number of pyridine rings is 2. The van der Waals surface area contributed by atoms with Gasteiger partial charge in [-0.3, -0.25) is 19.5 Å². The van der Waals surface area contributed by atoms with Crippen molar-refractivity contribution in [2.45, 2.75) is 18.9 Å². The summed E-state index contributed by atoms with van der Waals surface area (Å²) in [5, 5.41) is 3.28. The maximum Gasteiger partial charge on any atom is 0.319 e. The van der Waals surface area contributed by atoms with Gasteiger partial charge in [-0.25, -0.2) is 8.78 Å². The second-order valence-electron chi connectivity index (χ2n) is 12.7. The van der Waals surface area contributed by atoms with Gasteiger partial charge in [0.2, 0.25) is 11.5 Å². The summed E-state index contributed by atoms with van der Waals surface area (Å²) in [6.45, 7) is 9.02. The first-order valence-corrected chi connectivity index (χ1v) is 16.1. The third kappa shape index (κ3) is 6.69. The molecule has 0 bridgehead atoms. The molecule has 3 aromatic heterocycles. The minimum absolute atomic E-state index is 0.0195. The summed E-state index contributed by atoms with van der Waals surface area (Å²) in [6.07, 6.45) is 10.2. The lowest BCUT2D eigenvalue weighted by molar-refractivity contribution is -0.117. The number of ether oxygens (including phenoxy) is 3. The Morgan fingerprint density at radius 2 is 2.00 bits per heavy atom. The van der Waals surface area contributed by atoms with Gasteiger partial charge in [-0.15, -0.1) is 6.42 Å². The van der Waals surface area contributed by atoms with E-state index in [1.807, 2.05) is 4.90 Å². The summed E-state index contributed by atoms with van der Waals surface area (Å²) >= 11 is 0. The van der Waals surface area contributed by atoms with Gasteiger partial charge in [-0.2, -0.15) is 9.97 Å². The van der Waals surface area contributed by atoms with E-state index in [1.54, 1.807) is 0 Å². The van der Waals surface area contributed by atoms with E-state index in [-0.39, 0.29) is 62.6 Å². The van der Waals surface area contributed by atoms with Gasteiger partial charge in [0, 0.05) is 61.4 Å². The summed E-state index contributed by atoms with van der Waals surface area (Å²) in [5.74, 6) is 0.749. The molecule has 1 aromatic carbocycles. The first-order chi connectivity index (χ1) is 23.8. The van der Waals surface area contributed by atoms with Crippen LogP contribution >= 0.6 is 0 Å². The molecule has 2 N–H and O–H groups in total. The molecular formula is C35H35F2N7O5. The van der Waals surface area contributed by atoms with Crippen LogP contribution in [0.2, 0.25) is 0 Å². The van der Waals surface area contributed by atoms with Crippen molar-refractivity contribution in [3.63, 3.8) is 0 Å². The molecule has 1 unspecified atom stereocenters. The topological polar surface area (TPSA) is 135 Å². The quantitative estimate of drug-likeness (QED) is 0.202. The van der Waals surface area contributed by atoms with Crippen molar-refractivity contribution in [1.29, 1.82) is 0 Å². The molecule has 1 saturated carbocycles. The highest BCUT2D eigenvalue weighted by molar-refractivity contribution is 6.00. The number of rotatable bonds is 9. The number of hydrogen-bond donors (Lipinski definition) is 2. The number of terminal acetylenes is 1. The fourth-order valence-electron chi connectivity index (χ4n) is 6.50. The molecule has 14 heteroatoms. The Kier molecular flexibility index (Phi) is 8.98. The van der Waals surface area contributed by atoms with Crippen LogP contribution in [-0.4, -0.2) is 103 Å². The monoisotopic (exact) mass is 671 g/mol. The van der Waals surface area contributed by atoms with Gasteiger partial charge >= 0.3 is 6.01 Å². The average molecular weight is 672 g/mol. The van der Waals surface area contributed by atoms with Crippen molar-refractivity contribution in [2.75, 3.05) is 70.7 Å². The molecule has 7 rings (SSSR count). The molecule has 2 saturated heterocycles. The van der Waals surface area contributed by atoms with Crippen LogP contribution in [0.4, 0.5) is 14.6 Å². The van der Waals surface area contributed by atoms with Crippen LogP contribution in [-0.2, 0) is 14.3 Å². The fourth-order valence-corrected chi connectivity index (χ4v) is 6.50. The molecule has 3 fully saturated rings. The van der Waals surface area contributed by atoms with Crippen LogP contribution in [0.25, 0.3) is 33.1 Å². The number of aromatic nitrogens is 4. The van der Waals surface area contributed by atoms with Crippen molar-refractivity contribution in [3.05, 3.63) is 64.6 Å². The Bertz CT molecular complexity index is 2040. The van der Waals surface area contributed by atoms with E-state index in [4.69, 9.17) is 25.6 Å². The van der Waals surface area contributed by atoms with Crippen molar-refractivity contribution >= 4 is 33.5 Å². The zero-order valence-electron chi connectivity index (χ0n) is 26.8. The summed E-state index contributed by atoms with van der Waals surface area (Å²) in [4.78, 5) is 45.4. The zero-order valence-corrected chi connectivity index (χ0v) is 26.8. The minimum Gasteiger partial charge on any atom is -0.463 e. The standard InChI is InChI=1S/C35H35F2N7O5/c1-3-22-25(36)5-6-26-29(22)23(15-28(46)40-26)31-30(37)32-24(16-38-31)33(44-11-14-48-18-21(17-44)39-27(45)4-2)42-34(41-32)49-20-35(7-8-35)19-43-9-12-47-13-10-43/h1,4-6,15-16,21H,2,7-14,17-20H2,(H,39,45)(H,40,46). The first kappa shape index (κ1) is 32.6. The number of morpholine rings is 1. The second-order valence-corrected chi connectivity index (χ2v) is 12.7. The summed E-state index contributed by atoms with van der Waals surface area (Å²) in [6, 6.07) is 3.21. The fraction of sp³-hybridized carbons (Fsp3) is 0.400. The molecule has 4 aromatic rings. The Morgan fingerprint density at radius 1 is 1.20 bits per heavy atom. The number of nitrogens with zero attached hydrogens (tertiary/aromatic N) is 5. The van der Waals surface area contributed by atoms with Gasteiger partial charge in [0.25, 0.3) is 0 Å². The van der Waals surface area contributed by atoms with Gasteiger partial charge in [-0.1, -0.05) is 12.5 Å². The number of fused-ring (bicyclic) bond motifs is 2. The van der Waals surface area contributed by atoms with E-state index in [2.05, 4.69) is 37.7 Å². The normalized spacial score (nSPS) is 19.3. The summed E-state index contributed by atoms with van der Waals surface area (Å²) in [7, 11) is 0. The SMILES string of the molecule is C#Cc1c(F)ccc2[nH]c(=O)cc(-c3ncc4c(N5CCOCC(NC(=O)C=C)C5)nc(OCC5(CN6CCOCC6)CC5)nc4c3F)c12. The van der Waals surface area contributed by atoms with E-state index >= 15 is 4.39 Å². The smallest absolute Gasteiger partial charge is 0.319 e. The lowest BCUT2D eigenvalue weighted by atomic mass is 9.99. The van der Waals surface area contributed by atoms with Gasteiger partial charge in [0.05, 0.1) is 55.5 Å².